The molecule has 1 aromatic rings. The summed E-state index contributed by atoms with van der Waals surface area (Å²) in [6.45, 7) is 3.76. The van der Waals surface area contributed by atoms with Crippen molar-refractivity contribution >= 4 is 18.0 Å². The van der Waals surface area contributed by atoms with Gasteiger partial charge in [0.25, 0.3) is 0 Å². The highest BCUT2D eigenvalue weighted by Crippen LogP contribution is 2.09. The van der Waals surface area contributed by atoms with E-state index in [1.165, 1.54) is 6.08 Å². The summed E-state index contributed by atoms with van der Waals surface area (Å²) in [6, 6.07) is 3.60. The first-order valence-corrected chi connectivity index (χ1v) is 6.09. The lowest BCUT2D eigenvalue weighted by atomic mass is 9.96. The van der Waals surface area contributed by atoms with Gasteiger partial charge in [-0.3, -0.25) is 14.6 Å². The third-order valence-electron chi connectivity index (χ3n) is 2.73. The van der Waals surface area contributed by atoms with Gasteiger partial charge in [-0.05, 0) is 23.6 Å². The Kier molecular flexibility index (Phi) is 5.73. The molecule has 1 unspecified atom stereocenters. The van der Waals surface area contributed by atoms with E-state index in [1.807, 2.05) is 19.9 Å². The van der Waals surface area contributed by atoms with Crippen LogP contribution in [0.15, 0.2) is 30.6 Å². The third kappa shape index (κ3) is 5.33. The first-order valence-electron chi connectivity index (χ1n) is 6.09. The summed E-state index contributed by atoms with van der Waals surface area (Å²) >= 11 is 0. The van der Waals surface area contributed by atoms with E-state index in [2.05, 4.69) is 10.3 Å². The number of aromatic nitrogens is 1. The quantitative estimate of drug-likeness (QED) is 0.763. The standard InChI is InChI=1S/C14H18N2O3/c1-10(2)12(14(18)19)9-16-13(17)6-5-11-4-3-7-15-8-11/h3-8,10,12H,9H2,1-2H3,(H,16,17)(H,18,19). The Labute approximate surface area is 112 Å². The van der Waals surface area contributed by atoms with Crippen molar-refractivity contribution in [3.8, 4) is 0 Å². The maximum atomic E-state index is 11.6. The topological polar surface area (TPSA) is 79.3 Å². The van der Waals surface area contributed by atoms with Crippen molar-refractivity contribution in [1.29, 1.82) is 0 Å². The average molecular weight is 262 g/mol. The van der Waals surface area contributed by atoms with E-state index in [-0.39, 0.29) is 18.4 Å². The molecule has 5 nitrogen and oxygen atoms in total. The minimum Gasteiger partial charge on any atom is -0.481 e. The number of carboxylic acids is 1. The van der Waals surface area contributed by atoms with Crippen LogP contribution in [0.4, 0.5) is 0 Å². The van der Waals surface area contributed by atoms with Crippen LogP contribution in [-0.4, -0.2) is 28.5 Å². The molecule has 1 atom stereocenters. The Balaban J connectivity index is 2.48. The summed E-state index contributed by atoms with van der Waals surface area (Å²) in [6.07, 6.45) is 6.29. The molecule has 19 heavy (non-hydrogen) atoms. The van der Waals surface area contributed by atoms with Crippen LogP contribution in [0.5, 0.6) is 0 Å². The Hall–Kier alpha value is -2.17. The second kappa shape index (κ2) is 7.31. The highest BCUT2D eigenvalue weighted by molar-refractivity contribution is 5.91. The van der Waals surface area contributed by atoms with Crippen LogP contribution in [0.1, 0.15) is 19.4 Å². The SMILES string of the molecule is CC(C)C(CNC(=O)C=Cc1cccnc1)C(=O)O. The second-order valence-electron chi connectivity index (χ2n) is 4.55. The summed E-state index contributed by atoms with van der Waals surface area (Å²) in [5.74, 6) is -1.81. The molecule has 0 saturated carbocycles. The maximum Gasteiger partial charge on any atom is 0.308 e. The Morgan fingerprint density at radius 2 is 2.21 bits per heavy atom. The van der Waals surface area contributed by atoms with Crippen molar-refractivity contribution in [2.75, 3.05) is 6.54 Å². The zero-order chi connectivity index (χ0) is 14.3. The molecular formula is C14H18N2O3. The number of hydrogen-bond acceptors (Lipinski definition) is 3. The van der Waals surface area contributed by atoms with Gasteiger partial charge in [-0.15, -0.1) is 0 Å². The Morgan fingerprint density at radius 3 is 2.74 bits per heavy atom. The number of carbonyl (C=O) groups is 2. The first-order chi connectivity index (χ1) is 9.00. The zero-order valence-corrected chi connectivity index (χ0v) is 11.0. The number of carboxylic acid groups (broad SMARTS) is 1. The average Bonchev–Trinajstić information content (AvgIpc) is 2.37. The van der Waals surface area contributed by atoms with Gasteiger partial charge in [0.05, 0.1) is 5.92 Å². The molecule has 1 aromatic heterocycles. The number of pyridine rings is 1. The lowest BCUT2D eigenvalue weighted by Crippen LogP contribution is -2.34. The fourth-order valence-electron chi connectivity index (χ4n) is 1.52. The van der Waals surface area contributed by atoms with E-state index < -0.39 is 11.9 Å². The van der Waals surface area contributed by atoms with Gasteiger partial charge in [0.2, 0.25) is 5.91 Å². The lowest BCUT2D eigenvalue weighted by Gasteiger charge is -2.15. The van der Waals surface area contributed by atoms with Gasteiger partial charge in [0, 0.05) is 25.0 Å². The molecule has 0 aromatic carbocycles. The molecule has 5 heteroatoms. The minimum atomic E-state index is -0.897. The second-order valence-corrected chi connectivity index (χ2v) is 4.55. The van der Waals surface area contributed by atoms with E-state index in [9.17, 15) is 9.59 Å². The van der Waals surface area contributed by atoms with Crippen molar-refractivity contribution in [3.05, 3.63) is 36.2 Å². The van der Waals surface area contributed by atoms with Gasteiger partial charge in [-0.25, -0.2) is 0 Å². The lowest BCUT2D eigenvalue weighted by molar-refractivity contribution is -0.143. The first kappa shape index (κ1) is 14.9. The Bertz CT molecular complexity index is 455. The summed E-state index contributed by atoms with van der Waals surface area (Å²) < 4.78 is 0. The minimum absolute atomic E-state index is 0.0277. The van der Waals surface area contributed by atoms with Gasteiger partial charge in [0.15, 0.2) is 0 Å². The van der Waals surface area contributed by atoms with Crippen molar-refractivity contribution in [3.63, 3.8) is 0 Å². The van der Waals surface area contributed by atoms with Crippen molar-refractivity contribution in [1.82, 2.24) is 10.3 Å². The number of nitrogens with one attached hydrogen (secondary N) is 1. The molecule has 0 saturated heterocycles. The highest BCUT2D eigenvalue weighted by Gasteiger charge is 2.21. The summed E-state index contributed by atoms with van der Waals surface area (Å²) in [4.78, 5) is 26.4. The van der Waals surface area contributed by atoms with Crippen molar-refractivity contribution < 1.29 is 14.7 Å². The summed E-state index contributed by atoms with van der Waals surface area (Å²) in [5, 5.41) is 11.6. The van der Waals surface area contributed by atoms with E-state index in [1.54, 1.807) is 24.5 Å². The molecule has 0 spiro atoms. The molecule has 0 radical (unpaired) electrons. The van der Waals surface area contributed by atoms with Crippen LogP contribution in [-0.2, 0) is 9.59 Å². The molecule has 0 aliphatic rings. The molecule has 1 amide bonds. The number of aliphatic carboxylic acids is 1. The van der Waals surface area contributed by atoms with Crippen LogP contribution in [0.3, 0.4) is 0 Å². The van der Waals surface area contributed by atoms with Crippen LogP contribution in [0.2, 0.25) is 0 Å². The van der Waals surface area contributed by atoms with E-state index in [4.69, 9.17) is 5.11 Å². The molecular weight excluding hydrogens is 244 g/mol. The predicted molar refractivity (Wildman–Crippen MR) is 72.2 cm³/mol. The normalized spacial score (nSPS) is 12.6. The van der Waals surface area contributed by atoms with E-state index >= 15 is 0 Å². The fraction of sp³-hybridized carbons (Fsp3) is 0.357. The van der Waals surface area contributed by atoms with E-state index in [0.29, 0.717) is 0 Å². The number of hydrogen-bond donors (Lipinski definition) is 2. The molecule has 1 heterocycles. The van der Waals surface area contributed by atoms with Gasteiger partial charge in [0.1, 0.15) is 0 Å². The third-order valence-corrected chi connectivity index (χ3v) is 2.73. The molecule has 1 rings (SSSR count). The molecule has 102 valence electrons. The zero-order valence-electron chi connectivity index (χ0n) is 11.0. The van der Waals surface area contributed by atoms with Gasteiger partial charge >= 0.3 is 5.97 Å². The van der Waals surface area contributed by atoms with E-state index in [0.717, 1.165) is 5.56 Å². The van der Waals surface area contributed by atoms with Gasteiger partial charge in [-0.1, -0.05) is 19.9 Å². The van der Waals surface area contributed by atoms with Gasteiger partial charge in [-0.2, -0.15) is 0 Å². The number of carbonyl (C=O) groups excluding carboxylic acids is 1. The maximum absolute atomic E-state index is 11.6. The summed E-state index contributed by atoms with van der Waals surface area (Å²) in [5.41, 5.74) is 0.816. The molecule has 0 bridgehead atoms. The largest absolute Gasteiger partial charge is 0.481 e. The fourth-order valence-corrected chi connectivity index (χ4v) is 1.52. The monoisotopic (exact) mass is 262 g/mol. The number of nitrogens with zero attached hydrogens (tertiary/aromatic N) is 1. The molecule has 0 aliphatic carbocycles. The van der Waals surface area contributed by atoms with Crippen molar-refractivity contribution in [2.45, 2.75) is 13.8 Å². The molecule has 2 N–H and O–H groups in total. The molecule has 0 fully saturated rings. The van der Waals surface area contributed by atoms with Crippen molar-refractivity contribution in [2.24, 2.45) is 11.8 Å². The smallest absolute Gasteiger partial charge is 0.308 e. The van der Waals surface area contributed by atoms with Crippen LogP contribution in [0, 0.1) is 11.8 Å². The van der Waals surface area contributed by atoms with Crippen LogP contribution < -0.4 is 5.32 Å². The highest BCUT2D eigenvalue weighted by atomic mass is 16.4. The number of amides is 1. The van der Waals surface area contributed by atoms with Gasteiger partial charge < -0.3 is 10.4 Å². The van der Waals surface area contributed by atoms with Crippen LogP contribution in [0.25, 0.3) is 6.08 Å². The van der Waals surface area contributed by atoms with Crippen LogP contribution >= 0.6 is 0 Å². The summed E-state index contributed by atoms with van der Waals surface area (Å²) in [7, 11) is 0. The number of rotatable bonds is 6. The predicted octanol–water partition coefficient (Wildman–Crippen LogP) is 1.57. The molecule has 0 aliphatic heterocycles. The Morgan fingerprint density at radius 1 is 1.47 bits per heavy atom.